The number of aryl methyl sites for hydroxylation is 1. The molecular formula is C13H15N3O3S. The Bertz CT molecular complexity index is 670. The summed E-state index contributed by atoms with van der Waals surface area (Å²) in [6.07, 6.45) is 4.14. The minimum absolute atomic E-state index is 0.126. The van der Waals surface area contributed by atoms with Gasteiger partial charge in [0.05, 0.1) is 23.3 Å². The number of nitrogens with zero attached hydrogens (tertiary/aromatic N) is 3. The number of pyridine rings is 1. The number of aromatic carboxylic acids is 1. The Morgan fingerprint density at radius 3 is 3.00 bits per heavy atom. The van der Waals surface area contributed by atoms with Crippen molar-refractivity contribution in [3.8, 4) is 0 Å². The van der Waals surface area contributed by atoms with Crippen LogP contribution in [0.2, 0.25) is 0 Å². The molecular weight excluding hydrogens is 278 g/mol. The monoisotopic (exact) mass is 293 g/mol. The number of rotatable bonds is 3. The standard InChI is InChI=1S/C13H15N3O3S/c1-7-10(3-4-19-7)20-11-8-6-15-16(2)12(8)14-5-9(11)13(17)18/h5-7,10H,3-4H2,1-2H3,(H,17,18). The molecule has 1 fully saturated rings. The van der Waals surface area contributed by atoms with Gasteiger partial charge in [0.1, 0.15) is 0 Å². The lowest BCUT2D eigenvalue weighted by molar-refractivity contribution is 0.0693. The maximum absolute atomic E-state index is 11.4. The Labute approximate surface area is 120 Å². The molecule has 1 aliphatic rings. The minimum Gasteiger partial charge on any atom is -0.478 e. The van der Waals surface area contributed by atoms with Crippen LogP contribution in [0, 0.1) is 0 Å². The number of aromatic nitrogens is 3. The predicted molar refractivity (Wildman–Crippen MR) is 75.1 cm³/mol. The molecule has 2 unspecified atom stereocenters. The molecule has 6 nitrogen and oxygen atoms in total. The fourth-order valence-corrected chi connectivity index (χ4v) is 3.70. The maximum atomic E-state index is 11.4. The second kappa shape index (κ2) is 5.06. The Morgan fingerprint density at radius 2 is 2.35 bits per heavy atom. The first-order valence-corrected chi connectivity index (χ1v) is 7.28. The highest BCUT2D eigenvalue weighted by molar-refractivity contribution is 8.00. The van der Waals surface area contributed by atoms with Crippen molar-refractivity contribution >= 4 is 28.8 Å². The summed E-state index contributed by atoms with van der Waals surface area (Å²) in [5.74, 6) is -0.961. The van der Waals surface area contributed by atoms with Crippen LogP contribution in [0.1, 0.15) is 23.7 Å². The van der Waals surface area contributed by atoms with Crippen LogP contribution in [0.5, 0.6) is 0 Å². The van der Waals surface area contributed by atoms with Crippen LogP contribution in [0.25, 0.3) is 11.0 Å². The molecule has 7 heteroatoms. The highest BCUT2D eigenvalue weighted by atomic mass is 32.2. The Kier molecular flexibility index (Phi) is 3.39. The summed E-state index contributed by atoms with van der Waals surface area (Å²) >= 11 is 1.56. The van der Waals surface area contributed by atoms with Crippen molar-refractivity contribution in [2.45, 2.75) is 29.6 Å². The van der Waals surface area contributed by atoms with E-state index in [1.165, 1.54) is 6.20 Å². The van der Waals surface area contributed by atoms with E-state index >= 15 is 0 Å². The summed E-state index contributed by atoms with van der Waals surface area (Å²) in [6.45, 7) is 2.75. The first kappa shape index (κ1) is 13.4. The van der Waals surface area contributed by atoms with Gasteiger partial charge in [-0.3, -0.25) is 4.68 Å². The van der Waals surface area contributed by atoms with E-state index in [-0.39, 0.29) is 16.9 Å². The Balaban J connectivity index is 2.09. The second-order valence-electron chi connectivity index (χ2n) is 4.83. The van der Waals surface area contributed by atoms with Crippen LogP contribution in [-0.2, 0) is 11.8 Å². The summed E-state index contributed by atoms with van der Waals surface area (Å²) in [4.78, 5) is 16.3. The van der Waals surface area contributed by atoms with Gasteiger partial charge in [0.2, 0.25) is 0 Å². The highest BCUT2D eigenvalue weighted by Gasteiger charge is 2.28. The van der Waals surface area contributed by atoms with Gasteiger partial charge in [-0.25, -0.2) is 9.78 Å². The second-order valence-corrected chi connectivity index (χ2v) is 6.08. The predicted octanol–water partition coefficient (Wildman–Crippen LogP) is 1.94. The van der Waals surface area contributed by atoms with E-state index in [1.54, 1.807) is 29.7 Å². The molecule has 3 rings (SSSR count). The number of ether oxygens (including phenoxy) is 1. The van der Waals surface area contributed by atoms with Gasteiger partial charge in [-0.1, -0.05) is 0 Å². The van der Waals surface area contributed by atoms with Crippen molar-refractivity contribution < 1.29 is 14.6 Å². The number of fused-ring (bicyclic) bond motifs is 1. The average molecular weight is 293 g/mol. The van der Waals surface area contributed by atoms with Crippen molar-refractivity contribution in [1.29, 1.82) is 0 Å². The average Bonchev–Trinajstić information content (AvgIpc) is 2.97. The zero-order valence-corrected chi connectivity index (χ0v) is 12.1. The molecule has 20 heavy (non-hydrogen) atoms. The van der Waals surface area contributed by atoms with Crippen LogP contribution in [0.3, 0.4) is 0 Å². The van der Waals surface area contributed by atoms with Crippen molar-refractivity contribution in [3.63, 3.8) is 0 Å². The summed E-state index contributed by atoms with van der Waals surface area (Å²) in [7, 11) is 1.80. The van der Waals surface area contributed by atoms with Crippen molar-refractivity contribution in [3.05, 3.63) is 18.0 Å². The normalized spacial score (nSPS) is 22.5. The largest absolute Gasteiger partial charge is 0.478 e. The van der Waals surface area contributed by atoms with Gasteiger partial charge in [0.15, 0.2) is 5.65 Å². The van der Waals surface area contributed by atoms with Crippen molar-refractivity contribution in [2.75, 3.05) is 6.61 Å². The number of carbonyl (C=O) groups is 1. The third-order valence-electron chi connectivity index (χ3n) is 3.52. The van der Waals surface area contributed by atoms with Crippen molar-refractivity contribution in [1.82, 2.24) is 14.8 Å². The molecule has 0 amide bonds. The number of thioether (sulfide) groups is 1. The fraction of sp³-hybridized carbons (Fsp3) is 0.462. The lowest BCUT2D eigenvalue weighted by atomic mass is 10.2. The SMILES string of the molecule is CC1OCCC1Sc1c(C(=O)O)cnc2c1cnn2C. The molecule has 2 aromatic rings. The quantitative estimate of drug-likeness (QED) is 0.932. The third-order valence-corrected chi connectivity index (χ3v) is 5.12. The molecule has 1 N–H and O–H groups in total. The first-order valence-electron chi connectivity index (χ1n) is 6.40. The molecule has 1 saturated heterocycles. The lowest BCUT2D eigenvalue weighted by Gasteiger charge is -2.15. The Hall–Kier alpha value is -1.60. The molecule has 0 saturated carbocycles. The van der Waals surface area contributed by atoms with Gasteiger partial charge in [-0.05, 0) is 13.3 Å². The smallest absolute Gasteiger partial charge is 0.338 e. The van der Waals surface area contributed by atoms with Crippen molar-refractivity contribution in [2.24, 2.45) is 7.05 Å². The van der Waals surface area contributed by atoms with Gasteiger partial charge in [0, 0.05) is 30.0 Å². The summed E-state index contributed by atoms with van der Waals surface area (Å²) in [5, 5.41) is 14.6. The molecule has 0 aliphatic carbocycles. The van der Waals surface area contributed by atoms with E-state index in [2.05, 4.69) is 10.1 Å². The maximum Gasteiger partial charge on any atom is 0.338 e. The van der Waals surface area contributed by atoms with Gasteiger partial charge in [0.25, 0.3) is 0 Å². The number of carboxylic acid groups (broad SMARTS) is 1. The molecule has 0 bridgehead atoms. The first-order chi connectivity index (χ1) is 9.58. The van der Waals surface area contributed by atoms with E-state index in [9.17, 15) is 9.90 Å². The topological polar surface area (TPSA) is 77.2 Å². The molecule has 0 radical (unpaired) electrons. The summed E-state index contributed by atoms with van der Waals surface area (Å²) in [5.41, 5.74) is 0.929. The lowest BCUT2D eigenvalue weighted by Crippen LogP contribution is -2.14. The number of hydrogen-bond acceptors (Lipinski definition) is 5. The zero-order chi connectivity index (χ0) is 14.3. The van der Waals surface area contributed by atoms with Gasteiger partial charge >= 0.3 is 5.97 Å². The van der Waals surface area contributed by atoms with E-state index in [4.69, 9.17) is 4.74 Å². The molecule has 0 aromatic carbocycles. The molecule has 1 aliphatic heterocycles. The number of carboxylic acids is 1. The van der Waals surface area contributed by atoms with E-state index in [0.717, 1.165) is 23.3 Å². The number of hydrogen-bond donors (Lipinski definition) is 1. The fourth-order valence-electron chi connectivity index (χ4n) is 2.37. The van der Waals surface area contributed by atoms with Crippen LogP contribution in [0.4, 0.5) is 0 Å². The van der Waals surface area contributed by atoms with Gasteiger partial charge in [-0.2, -0.15) is 5.10 Å². The van der Waals surface area contributed by atoms with E-state index < -0.39 is 5.97 Å². The highest BCUT2D eigenvalue weighted by Crippen LogP contribution is 2.38. The van der Waals surface area contributed by atoms with E-state index in [1.807, 2.05) is 6.92 Å². The van der Waals surface area contributed by atoms with Crippen LogP contribution >= 0.6 is 11.8 Å². The van der Waals surface area contributed by atoms with Gasteiger partial charge < -0.3 is 9.84 Å². The minimum atomic E-state index is -0.961. The molecule has 2 atom stereocenters. The Morgan fingerprint density at radius 1 is 1.55 bits per heavy atom. The summed E-state index contributed by atoms with van der Waals surface area (Å²) < 4.78 is 7.20. The molecule has 106 valence electrons. The zero-order valence-electron chi connectivity index (χ0n) is 11.2. The van der Waals surface area contributed by atoms with Crippen LogP contribution in [-0.4, -0.2) is 43.8 Å². The van der Waals surface area contributed by atoms with Gasteiger partial charge in [-0.15, -0.1) is 11.8 Å². The molecule has 0 spiro atoms. The molecule has 3 heterocycles. The third kappa shape index (κ3) is 2.16. The van der Waals surface area contributed by atoms with E-state index in [0.29, 0.717) is 5.65 Å². The molecule has 2 aromatic heterocycles. The van der Waals surface area contributed by atoms with Crippen LogP contribution < -0.4 is 0 Å². The summed E-state index contributed by atoms with van der Waals surface area (Å²) in [6, 6.07) is 0. The van der Waals surface area contributed by atoms with Crippen LogP contribution in [0.15, 0.2) is 17.3 Å².